The van der Waals surface area contributed by atoms with Gasteiger partial charge in [0.05, 0.1) is 19.3 Å². The fourth-order valence-corrected chi connectivity index (χ4v) is 4.98. The van der Waals surface area contributed by atoms with E-state index in [1.165, 1.54) is 6.07 Å². The van der Waals surface area contributed by atoms with Crippen molar-refractivity contribution < 1.29 is 31.5 Å². The zero-order valence-corrected chi connectivity index (χ0v) is 19.9. The number of carbonyl (C=O) groups is 1. The molecular weight excluding hydrogens is 493 g/mol. The van der Waals surface area contributed by atoms with E-state index < -0.39 is 36.2 Å². The van der Waals surface area contributed by atoms with Crippen molar-refractivity contribution in [1.29, 1.82) is 0 Å². The summed E-state index contributed by atoms with van der Waals surface area (Å²) in [6.45, 7) is 1.76. The summed E-state index contributed by atoms with van der Waals surface area (Å²) in [6, 6.07) is 11.9. The number of fused-ring (bicyclic) bond motifs is 3. The van der Waals surface area contributed by atoms with E-state index >= 15 is 4.39 Å². The maximum atomic E-state index is 15.4. The molecule has 0 unspecified atom stereocenters. The first-order valence-electron chi connectivity index (χ1n) is 11.8. The lowest BCUT2D eigenvalue weighted by atomic mass is 9.82. The molecule has 10 heteroatoms. The van der Waals surface area contributed by atoms with Crippen LogP contribution >= 0.6 is 0 Å². The van der Waals surface area contributed by atoms with Crippen LogP contribution in [0.25, 0.3) is 11.1 Å². The Bertz CT molecular complexity index is 1350. The average molecular weight is 517 g/mol. The lowest BCUT2D eigenvalue weighted by Crippen LogP contribution is -2.61. The standard InChI is InChI=1S/C27H24F5N3O2/c1-16-2-5-20(34-25(36)18-6-7-33-23(11-18)27(30,31)32)12-21(16)17-3-4-19-13-26(29,15-28)24-14-37-9-8-35(24)22(19)10-17/h2-7,10-12,24H,8-9,13-15H2,1H3,(H,34,36)/t24-,26+/m0/s1. The van der Waals surface area contributed by atoms with E-state index in [2.05, 4.69) is 10.3 Å². The van der Waals surface area contributed by atoms with Gasteiger partial charge in [0.1, 0.15) is 12.4 Å². The minimum Gasteiger partial charge on any atom is -0.377 e. The van der Waals surface area contributed by atoms with Crippen molar-refractivity contribution in [3.8, 4) is 11.1 Å². The van der Waals surface area contributed by atoms with Gasteiger partial charge in [0.15, 0.2) is 5.67 Å². The van der Waals surface area contributed by atoms with Crippen LogP contribution in [0.4, 0.5) is 33.3 Å². The van der Waals surface area contributed by atoms with Crippen LogP contribution in [0.1, 0.15) is 27.2 Å². The SMILES string of the molecule is Cc1ccc(NC(=O)c2ccnc(C(F)(F)F)c2)cc1-c1ccc2c(c1)N1CCOC[C@H]1[C@](F)(CF)C2. The first-order chi connectivity index (χ1) is 17.6. The Labute approximate surface area is 210 Å². The van der Waals surface area contributed by atoms with Gasteiger partial charge < -0.3 is 15.0 Å². The summed E-state index contributed by atoms with van der Waals surface area (Å²) >= 11 is 0. The maximum Gasteiger partial charge on any atom is 0.433 e. The number of anilines is 2. The second-order valence-electron chi connectivity index (χ2n) is 9.38. The smallest absolute Gasteiger partial charge is 0.377 e. The number of ether oxygens (including phenoxy) is 1. The highest BCUT2D eigenvalue weighted by atomic mass is 19.4. The summed E-state index contributed by atoms with van der Waals surface area (Å²) in [6.07, 6.45) is -3.77. The second-order valence-corrected chi connectivity index (χ2v) is 9.38. The Hall–Kier alpha value is -3.53. The first kappa shape index (κ1) is 25.1. The van der Waals surface area contributed by atoms with Crippen molar-refractivity contribution in [2.45, 2.75) is 31.2 Å². The van der Waals surface area contributed by atoms with Gasteiger partial charge in [-0.3, -0.25) is 9.78 Å². The lowest BCUT2D eigenvalue weighted by Gasteiger charge is -2.48. The number of carbonyl (C=O) groups excluding carboxylic acids is 1. The minimum atomic E-state index is -4.66. The molecule has 5 nitrogen and oxygen atoms in total. The third-order valence-corrected chi connectivity index (χ3v) is 6.95. The second kappa shape index (κ2) is 9.41. The summed E-state index contributed by atoms with van der Waals surface area (Å²) in [5.41, 5.74) is 1.10. The van der Waals surface area contributed by atoms with Crippen molar-refractivity contribution in [3.05, 3.63) is 77.1 Å². The number of aromatic nitrogens is 1. The Balaban J connectivity index is 1.45. The summed E-state index contributed by atoms with van der Waals surface area (Å²) in [7, 11) is 0. The largest absolute Gasteiger partial charge is 0.433 e. The molecule has 2 aliphatic rings. The Morgan fingerprint density at radius 2 is 2.00 bits per heavy atom. The molecule has 2 aromatic carbocycles. The molecule has 1 N–H and O–H groups in total. The van der Waals surface area contributed by atoms with Crippen LogP contribution in [0.15, 0.2) is 54.7 Å². The third-order valence-electron chi connectivity index (χ3n) is 6.95. The topological polar surface area (TPSA) is 54.5 Å². The molecule has 3 aromatic rings. The summed E-state index contributed by atoms with van der Waals surface area (Å²) in [5.74, 6) is -0.699. The van der Waals surface area contributed by atoms with E-state index in [1.54, 1.807) is 24.3 Å². The van der Waals surface area contributed by atoms with Gasteiger partial charge in [-0.05, 0) is 59.5 Å². The van der Waals surface area contributed by atoms with Crippen LogP contribution in [0, 0.1) is 6.92 Å². The third kappa shape index (κ3) is 4.77. The molecule has 2 aliphatic heterocycles. The minimum absolute atomic E-state index is 0.0510. The Kier molecular flexibility index (Phi) is 6.39. The highest BCUT2D eigenvalue weighted by Crippen LogP contribution is 2.42. The van der Waals surface area contributed by atoms with Crippen LogP contribution in [-0.4, -0.2) is 49.0 Å². The number of hydrogen-bond acceptors (Lipinski definition) is 4. The molecule has 0 bridgehead atoms. The number of rotatable bonds is 4. The molecule has 1 saturated heterocycles. The number of amides is 1. The highest BCUT2D eigenvalue weighted by Gasteiger charge is 2.48. The van der Waals surface area contributed by atoms with Gasteiger partial charge in [-0.2, -0.15) is 13.2 Å². The van der Waals surface area contributed by atoms with Crippen molar-refractivity contribution in [3.63, 3.8) is 0 Å². The number of halogens is 5. The Morgan fingerprint density at radius 1 is 1.19 bits per heavy atom. The fourth-order valence-electron chi connectivity index (χ4n) is 4.98. The number of pyridine rings is 1. The molecule has 3 heterocycles. The number of hydrogen-bond donors (Lipinski definition) is 1. The van der Waals surface area contributed by atoms with Gasteiger partial charge in [-0.1, -0.05) is 18.2 Å². The molecule has 1 fully saturated rings. The normalized spacial score (nSPS) is 21.2. The van der Waals surface area contributed by atoms with Crippen LogP contribution in [-0.2, 0) is 17.3 Å². The molecule has 0 aliphatic carbocycles. The Morgan fingerprint density at radius 3 is 2.76 bits per heavy atom. The summed E-state index contributed by atoms with van der Waals surface area (Å²) in [5, 5.41) is 2.65. The van der Waals surface area contributed by atoms with E-state index in [-0.39, 0.29) is 18.6 Å². The van der Waals surface area contributed by atoms with E-state index in [0.717, 1.165) is 28.6 Å². The van der Waals surface area contributed by atoms with Gasteiger partial charge in [0, 0.05) is 36.1 Å². The predicted molar refractivity (Wildman–Crippen MR) is 129 cm³/mol. The fraction of sp³-hybridized carbons (Fsp3) is 0.333. The predicted octanol–water partition coefficient (Wildman–Crippen LogP) is 5.77. The molecule has 0 radical (unpaired) electrons. The number of benzene rings is 2. The van der Waals surface area contributed by atoms with Crippen LogP contribution in [0.3, 0.4) is 0 Å². The van der Waals surface area contributed by atoms with Gasteiger partial charge in [-0.15, -0.1) is 0 Å². The van der Waals surface area contributed by atoms with Crippen LogP contribution in [0.2, 0.25) is 0 Å². The van der Waals surface area contributed by atoms with Crippen molar-refractivity contribution in [2.75, 3.05) is 36.6 Å². The molecule has 0 spiro atoms. The highest BCUT2D eigenvalue weighted by molar-refractivity contribution is 6.04. The maximum absolute atomic E-state index is 15.4. The van der Waals surface area contributed by atoms with Gasteiger partial charge in [0.2, 0.25) is 0 Å². The molecule has 194 valence electrons. The van der Waals surface area contributed by atoms with Gasteiger partial charge in [-0.25, -0.2) is 8.78 Å². The molecule has 2 atom stereocenters. The number of nitrogens with zero attached hydrogens (tertiary/aromatic N) is 2. The molecule has 5 rings (SSSR count). The first-order valence-corrected chi connectivity index (χ1v) is 11.8. The van der Waals surface area contributed by atoms with E-state index in [0.29, 0.717) is 30.5 Å². The number of morpholine rings is 1. The monoisotopic (exact) mass is 517 g/mol. The average Bonchev–Trinajstić information content (AvgIpc) is 2.89. The van der Waals surface area contributed by atoms with Crippen molar-refractivity contribution in [1.82, 2.24) is 4.98 Å². The van der Waals surface area contributed by atoms with Crippen LogP contribution in [0.5, 0.6) is 0 Å². The van der Waals surface area contributed by atoms with E-state index in [9.17, 15) is 22.4 Å². The molecule has 37 heavy (non-hydrogen) atoms. The number of nitrogens with one attached hydrogen (secondary N) is 1. The molecule has 0 saturated carbocycles. The number of aryl methyl sites for hydroxylation is 1. The lowest BCUT2D eigenvalue weighted by molar-refractivity contribution is -0.141. The quantitative estimate of drug-likeness (QED) is 0.447. The molecule has 1 aromatic heterocycles. The van der Waals surface area contributed by atoms with E-state index in [1.807, 2.05) is 24.0 Å². The van der Waals surface area contributed by atoms with Crippen LogP contribution < -0.4 is 10.2 Å². The zero-order valence-electron chi connectivity index (χ0n) is 19.9. The number of alkyl halides is 5. The van der Waals surface area contributed by atoms with E-state index in [4.69, 9.17) is 4.74 Å². The molecule has 1 amide bonds. The summed E-state index contributed by atoms with van der Waals surface area (Å²) < 4.78 is 73.5. The van der Waals surface area contributed by atoms with Crippen molar-refractivity contribution >= 4 is 17.3 Å². The summed E-state index contributed by atoms with van der Waals surface area (Å²) in [4.78, 5) is 17.8. The molecular formula is C27H24F5N3O2. The zero-order chi connectivity index (χ0) is 26.4. The van der Waals surface area contributed by atoms with Gasteiger partial charge in [0.25, 0.3) is 5.91 Å². The van der Waals surface area contributed by atoms with Crippen molar-refractivity contribution in [2.24, 2.45) is 0 Å². The van der Waals surface area contributed by atoms with Gasteiger partial charge >= 0.3 is 6.18 Å².